The van der Waals surface area contributed by atoms with Gasteiger partial charge in [0.1, 0.15) is 12.2 Å². The maximum Gasteiger partial charge on any atom is 2.00 e. The molecule has 2 saturated heterocycles. The second kappa shape index (κ2) is 10.1. The van der Waals surface area contributed by atoms with Crippen LogP contribution in [0.25, 0.3) is 0 Å². The van der Waals surface area contributed by atoms with Crippen LogP contribution in [-0.2, 0) is 28.5 Å². The summed E-state index contributed by atoms with van der Waals surface area (Å²) in [4.78, 5) is 20.2. The number of rotatable bonds is 2. The Hall–Kier alpha value is -0.800. The summed E-state index contributed by atoms with van der Waals surface area (Å²) in [6.07, 6.45) is -28.6. The summed E-state index contributed by atoms with van der Waals surface area (Å²) >= 11 is 0. The van der Waals surface area contributed by atoms with E-state index in [1.54, 1.807) is 0 Å². The van der Waals surface area contributed by atoms with Crippen molar-refractivity contribution in [1.82, 2.24) is 0 Å². The van der Waals surface area contributed by atoms with E-state index in [0.29, 0.717) is 0 Å². The van der Waals surface area contributed by atoms with Crippen LogP contribution < -0.4 is 10.2 Å². The molecule has 0 aliphatic carbocycles. The normalized spacial score (nSPS) is 25.0. The van der Waals surface area contributed by atoms with Gasteiger partial charge in [-0.05, 0) is 0 Å². The summed E-state index contributed by atoms with van der Waals surface area (Å²) in [6.45, 7) is -2.78. The van der Waals surface area contributed by atoms with Crippen molar-refractivity contribution in [2.24, 2.45) is 0 Å². The van der Waals surface area contributed by atoms with Gasteiger partial charge in [0.25, 0.3) is 0 Å². The summed E-state index contributed by atoms with van der Waals surface area (Å²) < 4.78 is 160. The minimum atomic E-state index is -5.94. The van der Waals surface area contributed by atoms with E-state index in [2.05, 4.69) is 18.9 Å². The van der Waals surface area contributed by atoms with Crippen molar-refractivity contribution in [2.45, 2.75) is 48.5 Å². The molecule has 2 fully saturated rings. The molecular formula is C12H6CaF12O8. The Bertz CT molecular complexity index is 627. The molecule has 188 valence electrons. The Morgan fingerprint density at radius 1 is 0.606 bits per heavy atom. The number of carboxylic acid groups (broad SMARTS) is 2. The van der Waals surface area contributed by atoms with Crippen LogP contribution in [0.5, 0.6) is 0 Å². The second-order valence-corrected chi connectivity index (χ2v) is 5.70. The zero-order valence-electron chi connectivity index (χ0n) is 15.1. The number of ether oxygens (including phenoxy) is 4. The number of alkyl halides is 12. The number of hydrogen-bond acceptors (Lipinski definition) is 8. The average Bonchev–Trinajstić information content (AvgIpc) is 3.20. The van der Waals surface area contributed by atoms with Crippen molar-refractivity contribution >= 4 is 49.7 Å². The van der Waals surface area contributed by atoms with Gasteiger partial charge in [-0.25, -0.2) is 0 Å². The van der Waals surface area contributed by atoms with E-state index >= 15 is 0 Å². The van der Waals surface area contributed by atoms with Gasteiger partial charge in [0.15, 0.2) is 0 Å². The zero-order chi connectivity index (χ0) is 25.6. The van der Waals surface area contributed by atoms with Gasteiger partial charge >= 0.3 is 74.0 Å². The third-order valence-corrected chi connectivity index (χ3v) is 3.51. The minimum absolute atomic E-state index is 0. The Morgan fingerprint density at radius 3 is 0.909 bits per heavy atom. The molecule has 0 radical (unpaired) electrons. The van der Waals surface area contributed by atoms with E-state index in [0.717, 1.165) is 0 Å². The smallest absolute Gasteiger partial charge is 0.547 e. The molecule has 8 nitrogen and oxygen atoms in total. The molecule has 0 aromatic carbocycles. The van der Waals surface area contributed by atoms with Crippen molar-refractivity contribution < 1.29 is 91.4 Å². The monoisotopic (exact) mass is 546 g/mol. The van der Waals surface area contributed by atoms with Crippen LogP contribution in [0.2, 0.25) is 0 Å². The quantitative estimate of drug-likeness (QED) is 0.339. The van der Waals surface area contributed by atoms with Gasteiger partial charge in [0.05, 0.1) is 25.2 Å². The molecule has 0 aromatic rings. The molecule has 2 unspecified atom stereocenters. The number of carboxylic acids is 2. The molecule has 0 amide bonds. The standard InChI is InChI=1S/2C6H4F6O4.Ca/c2*7-5(8,9)4(6(10,11)12)15-1-2(16-4)3(13)14;/h2*2H,1H2,(H,13,14);/q;;+2/p-2. The molecule has 0 aromatic heterocycles. The van der Waals surface area contributed by atoms with Crippen LogP contribution in [-0.4, -0.2) is 111 Å². The van der Waals surface area contributed by atoms with Crippen molar-refractivity contribution in [3.8, 4) is 0 Å². The van der Waals surface area contributed by atoms with E-state index in [1.165, 1.54) is 0 Å². The van der Waals surface area contributed by atoms with Gasteiger partial charge in [-0.3, -0.25) is 0 Å². The van der Waals surface area contributed by atoms with Gasteiger partial charge in [0, 0.05) is 0 Å². The van der Waals surface area contributed by atoms with Gasteiger partial charge in [-0.1, -0.05) is 0 Å². The molecule has 2 rings (SSSR count). The average molecular weight is 546 g/mol. The fraction of sp³-hybridized carbons (Fsp3) is 0.833. The Morgan fingerprint density at radius 2 is 0.818 bits per heavy atom. The van der Waals surface area contributed by atoms with E-state index in [9.17, 15) is 72.5 Å². The Labute approximate surface area is 202 Å². The van der Waals surface area contributed by atoms with Crippen LogP contribution in [0.4, 0.5) is 52.7 Å². The van der Waals surface area contributed by atoms with Crippen molar-refractivity contribution in [2.75, 3.05) is 13.2 Å². The largest absolute Gasteiger partial charge is 2.00 e. The molecule has 21 heteroatoms. The topological polar surface area (TPSA) is 117 Å². The summed E-state index contributed by atoms with van der Waals surface area (Å²) in [6, 6.07) is 0. The maximum absolute atomic E-state index is 12.2. The minimum Gasteiger partial charge on any atom is -0.547 e. The summed E-state index contributed by atoms with van der Waals surface area (Å²) in [7, 11) is 0. The summed E-state index contributed by atoms with van der Waals surface area (Å²) in [5, 5.41) is 20.2. The molecular weight excluding hydrogens is 540 g/mol. The third kappa shape index (κ3) is 6.26. The molecule has 2 aliphatic rings. The predicted molar refractivity (Wildman–Crippen MR) is 67.1 cm³/mol. The molecule has 0 bridgehead atoms. The third-order valence-electron chi connectivity index (χ3n) is 3.51. The molecule has 0 spiro atoms. The van der Waals surface area contributed by atoms with Gasteiger partial charge in [0.2, 0.25) is 0 Å². The van der Waals surface area contributed by atoms with Crippen molar-refractivity contribution in [3.63, 3.8) is 0 Å². The van der Waals surface area contributed by atoms with E-state index < -0.39 is 73.6 Å². The first-order chi connectivity index (χ1) is 14.0. The number of carbonyl (C=O) groups excluding carboxylic acids is 2. The van der Waals surface area contributed by atoms with Gasteiger partial charge in [-0.2, -0.15) is 52.7 Å². The fourth-order valence-corrected chi connectivity index (χ4v) is 2.07. The SMILES string of the molecule is O=C([O-])C1COC(C(F)(F)F)(C(F)(F)F)O1.O=C([O-])C1COC(C(F)(F)F)(C(F)(F)F)O1.[Ca+2]. The van der Waals surface area contributed by atoms with Gasteiger partial charge in [-0.15, -0.1) is 0 Å². The Balaban J connectivity index is 0.000000602. The van der Waals surface area contributed by atoms with Crippen LogP contribution in [0, 0.1) is 0 Å². The van der Waals surface area contributed by atoms with Crippen LogP contribution in [0.1, 0.15) is 0 Å². The van der Waals surface area contributed by atoms with Crippen LogP contribution in [0.15, 0.2) is 0 Å². The van der Waals surface area contributed by atoms with E-state index in [1.807, 2.05) is 0 Å². The van der Waals surface area contributed by atoms with E-state index in [-0.39, 0.29) is 37.7 Å². The zero-order valence-corrected chi connectivity index (χ0v) is 17.3. The molecule has 2 aliphatic heterocycles. The van der Waals surface area contributed by atoms with E-state index in [4.69, 9.17) is 0 Å². The Kier molecular flexibility index (Phi) is 9.81. The molecule has 2 atom stereocenters. The molecule has 0 N–H and O–H groups in total. The fourth-order valence-electron chi connectivity index (χ4n) is 2.07. The van der Waals surface area contributed by atoms with Crippen LogP contribution in [0.3, 0.4) is 0 Å². The first kappa shape index (κ1) is 32.2. The predicted octanol–water partition coefficient (Wildman–Crippen LogP) is -0.436. The molecule has 0 saturated carbocycles. The second-order valence-electron chi connectivity index (χ2n) is 5.70. The number of halogens is 12. The van der Waals surface area contributed by atoms with Crippen LogP contribution >= 0.6 is 0 Å². The van der Waals surface area contributed by atoms with Crippen molar-refractivity contribution in [1.29, 1.82) is 0 Å². The molecule has 2 heterocycles. The van der Waals surface area contributed by atoms with Gasteiger partial charge < -0.3 is 38.7 Å². The summed E-state index contributed by atoms with van der Waals surface area (Å²) in [5.41, 5.74) is 0. The first-order valence-electron chi connectivity index (χ1n) is 7.34. The molecule has 33 heavy (non-hydrogen) atoms. The maximum atomic E-state index is 12.2. The van der Waals surface area contributed by atoms with Crippen molar-refractivity contribution in [3.05, 3.63) is 0 Å². The number of aliphatic carboxylic acids is 2. The summed E-state index contributed by atoms with van der Waals surface area (Å²) in [5.74, 6) is -14.2. The number of carbonyl (C=O) groups is 2. The first-order valence-corrected chi connectivity index (χ1v) is 7.34. The number of hydrogen-bond donors (Lipinski definition) is 0.